The van der Waals surface area contributed by atoms with Gasteiger partial charge in [0, 0.05) is 61.2 Å². The van der Waals surface area contributed by atoms with Crippen molar-refractivity contribution in [2.45, 2.75) is 0 Å². The van der Waals surface area contributed by atoms with Crippen LogP contribution in [-0.2, 0) is 0 Å². The van der Waals surface area contributed by atoms with Gasteiger partial charge in [0.2, 0.25) is 0 Å². The van der Waals surface area contributed by atoms with E-state index in [4.69, 9.17) is 0 Å². The molecule has 438 valence electrons. The van der Waals surface area contributed by atoms with Gasteiger partial charge in [0.25, 0.3) is 6.71 Å². The van der Waals surface area contributed by atoms with Crippen molar-refractivity contribution >= 4 is 79.0 Å². The molecule has 15 aromatic carbocycles. The highest BCUT2D eigenvalue weighted by atomic mass is 15.2. The first kappa shape index (κ1) is 54.7. The van der Waals surface area contributed by atoms with E-state index in [0.29, 0.717) is 0 Å². The molecule has 0 atom stereocenters. The van der Waals surface area contributed by atoms with Crippen LogP contribution in [0.2, 0.25) is 0 Å². The van der Waals surface area contributed by atoms with E-state index in [-0.39, 0.29) is 6.71 Å². The number of aromatic nitrogens is 1. The van der Waals surface area contributed by atoms with Crippen molar-refractivity contribution in [2.75, 3.05) is 9.80 Å². The lowest BCUT2D eigenvalue weighted by Gasteiger charge is -2.46. The van der Waals surface area contributed by atoms with Crippen LogP contribution in [0.15, 0.2) is 364 Å². The molecule has 0 N–H and O–H groups in total. The van der Waals surface area contributed by atoms with Gasteiger partial charge in [0.1, 0.15) is 0 Å². The number of fused-ring (bicyclic) bond motifs is 8. The maximum absolute atomic E-state index is 2.73. The van der Waals surface area contributed by atoms with Gasteiger partial charge < -0.3 is 14.4 Å². The van der Waals surface area contributed by atoms with Crippen LogP contribution in [0.3, 0.4) is 0 Å². The summed E-state index contributed by atoms with van der Waals surface area (Å²) in [6, 6.07) is 135. The summed E-state index contributed by atoms with van der Waals surface area (Å²) in [6.45, 7) is -0.242. The molecule has 4 heteroatoms. The predicted molar refractivity (Wildman–Crippen MR) is 398 cm³/mol. The lowest BCUT2D eigenvalue weighted by Crippen LogP contribution is -2.61. The Balaban J connectivity index is 1.05. The molecule has 0 aliphatic carbocycles. The minimum absolute atomic E-state index is 0.242. The SMILES string of the molecule is c1ccc(-c2ccc3c(c2)N(c2c(-c4ccccc4)cccc2-c2ccccc2)c2cc(-c4ccccc4)cc4c2B3c2ccc3c(c2N4c2c(-c4ccccc4)cccc2-c2ccccc2)c2ccccc2n3-c2c(-c3ccccc3)cccc2-c2ccccc2)cc1. The van der Waals surface area contributed by atoms with Crippen LogP contribution in [0.25, 0.3) is 117 Å². The molecule has 0 radical (unpaired) electrons. The number of para-hydroxylation sites is 4. The summed E-state index contributed by atoms with van der Waals surface area (Å²) in [6.07, 6.45) is 0. The minimum Gasteiger partial charge on any atom is -0.310 e. The number of benzene rings is 15. The molecule has 2 aliphatic rings. The lowest BCUT2D eigenvalue weighted by molar-refractivity contribution is 1.18. The summed E-state index contributed by atoms with van der Waals surface area (Å²) in [7, 11) is 0. The summed E-state index contributed by atoms with van der Waals surface area (Å²) in [5.41, 5.74) is 32.1. The molecular weight excluding hydrogens is 1130 g/mol. The van der Waals surface area contributed by atoms with Crippen molar-refractivity contribution in [2.24, 2.45) is 0 Å². The minimum atomic E-state index is -0.242. The van der Waals surface area contributed by atoms with Gasteiger partial charge in [-0.3, -0.25) is 0 Å². The van der Waals surface area contributed by atoms with E-state index < -0.39 is 0 Å². The first-order chi connectivity index (χ1) is 46.7. The highest BCUT2D eigenvalue weighted by Crippen LogP contribution is 2.56. The van der Waals surface area contributed by atoms with Gasteiger partial charge in [0.15, 0.2) is 0 Å². The fraction of sp³-hybridized carbons (Fsp3) is 0. The third-order valence-corrected chi connectivity index (χ3v) is 19.4. The van der Waals surface area contributed by atoms with Crippen molar-refractivity contribution in [3.8, 4) is 94.7 Å². The predicted octanol–water partition coefficient (Wildman–Crippen LogP) is 22.2. The average Bonchev–Trinajstić information content (AvgIpc) is 1.06. The Hall–Kier alpha value is -12.2. The Bertz CT molecular complexity index is 5350. The zero-order valence-corrected chi connectivity index (χ0v) is 51.6. The molecule has 3 heterocycles. The van der Waals surface area contributed by atoms with E-state index in [1.807, 2.05) is 0 Å². The Kier molecular flexibility index (Phi) is 13.3. The van der Waals surface area contributed by atoms with Crippen LogP contribution >= 0.6 is 0 Å². The maximum atomic E-state index is 2.73. The molecule has 2 aliphatic heterocycles. The van der Waals surface area contributed by atoms with Crippen LogP contribution < -0.4 is 26.2 Å². The first-order valence-electron chi connectivity index (χ1n) is 32.5. The molecular formula is C90H60BN3. The topological polar surface area (TPSA) is 11.4 Å². The van der Waals surface area contributed by atoms with Gasteiger partial charge in [-0.2, -0.15) is 0 Å². The van der Waals surface area contributed by atoms with Gasteiger partial charge >= 0.3 is 0 Å². The molecule has 0 bridgehead atoms. The van der Waals surface area contributed by atoms with Crippen LogP contribution in [0, 0.1) is 0 Å². The van der Waals surface area contributed by atoms with Gasteiger partial charge in [-0.15, -0.1) is 0 Å². The van der Waals surface area contributed by atoms with Crippen molar-refractivity contribution in [3.05, 3.63) is 364 Å². The largest absolute Gasteiger partial charge is 0.310 e. The molecule has 3 nitrogen and oxygen atoms in total. The molecule has 0 unspecified atom stereocenters. The van der Waals surface area contributed by atoms with Crippen molar-refractivity contribution in [1.29, 1.82) is 0 Å². The van der Waals surface area contributed by atoms with Crippen LogP contribution in [0.1, 0.15) is 0 Å². The Labute approximate surface area is 548 Å². The average molecular weight is 1190 g/mol. The van der Waals surface area contributed by atoms with Gasteiger partial charge in [-0.1, -0.05) is 334 Å². The van der Waals surface area contributed by atoms with E-state index >= 15 is 0 Å². The molecule has 0 spiro atoms. The summed E-state index contributed by atoms with van der Waals surface area (Å²) in [5.74, 6) is 0. The van der Waals surface area contributed by atoms with E-state index in [0.717, 1.165) is 140 Å². The molecule has 16 aromatic rings. The fourth-order valence-corrected chi connectivity index (χ4v) is 15.3. The number of rotatable bonds is 11. The van der Waals surface area contributed by atoms with E-state index in [9.17, 15) is 0 Å². The Morgan fingerprint density at radius 2 is 0.543 bits per heavy atom. The standard InChI is InChI=1S/C90H60BN3/c1-9-30-61(31-10-1)69-54-55-78-82(58-69)93(88-73(65-38-17-5-18-39-65)49-28-50-74(88)66-40-19-6-20-41-66)83-59-70(62-32-11-2-12-33-62)60-84-86(83)91(78)79-56-57-81-85(90(79)94(84)89-75(67-42-21-7-22-43-67)51-29-52-76(89)68-44-23-8-24-45-68)77-46-25-26-53-80(77)92(81)87-71(63-34-13-3-14-35-63)47-27-48-72(87)64-36-15-4-16-37-64/h1-60H. The molecule has 94 heavy (non-hydrogen) atoms. The number of anilines is 6. The highest BCUT2D eigenvalue weighted by Gasteiger charge is 2.46. The second-order valence-electron chi connectivity index (χ2n) is 24.6. The van der Waals surface area contributed by atoms with E-state index in [1.54, 1.807) is 0 Å². The van der Waals surface area contributed by atoms with E-state index in [1.165, 1.54) is 27.2 Å². The Morgan fingerprint density at radius 3 is 0.979 bits per heavy atom. The fourth-order valence-electron chi connectivity index (χ4n) is 15.3. The molecule has 0 saturated carbocycles. The summed E-state index contributed by atoms with van der Waals surface area (Å²) < 4.78 is 2.59. The summed E-state index contributed by atoms with van der Waals surface area (Å²) in [4.78, 5) is 5.39. The van der Waals surface area contributed by atoms with Crippen molar-refractivity contribution in [1.82, 2.24) is 4.57 Å². The Morgan fingerprint density at radius 1 is 0.202 bits per heavy atom. The normalized spacial score (nSPS) is 12.2. The quantitative estimate of drug-likeness (QED) is 0.120. The molecule has 1 aromatic heterocycles. The zero-order chi connectivity index (χ0) is 62.1. The number of hydrogen-bond acceptors (Lipinski definition) is 2. The second-order valence-corrected chi connectivity index (χ2v) is 24.6. The van der Waals surface area contributed by atoms with Gasteiger partial charge in [-0.25, -0.2) is 0 Å². The molecule has 0 fully saturated rings. The maximum Gasteiger partial charge on any atom is 0.252 e. The van der Waals surface area contributed by atoms with Crippen LogP contribution in [-0.4, -0.2) is 11.3 Å². The van der Waals surface area contributed by atoms with Crippen LogP contribution in [0.5, 0.6) is 0 Å². The van der Waals surface area contributed by atoms with Crippen molar-refractivity contribution in [3.63, 3.8) is 0 Å². The smallest absolute Gasteiger partial charge is 0.252 e. The van der Waals surface area contributed by atoms with Gasteiger partial charge in [-0.05, 0) is 102 Å². The molecule has 0 amide bonds. The second kappa shape index (κ2) is 22.9. The number of nitrogens with zero attached hydrogens (tertiary/aromatic N) is 3. The highest BCUT2D eigenvalue weighted by molar-refractivity contribution is 7.00. The zero-order valence-electron chi connectivity index (χ0n) is 51.6. The third kappa shape index (κ3) is 8.98. The monoisotopic (exact) mass is 1190 g/mol. The molecule has 0 saturated heterocycles. The summed E-state index contributed by atoms with van der Waals surface area (Å²) >= 11 is 0. The molecule has 18 rings (SSSR count). The van der Waals surface area contributed by atoms with Crippen molar-refractivity contribution < 1.29 is 0 Å². The summed E-state index contributed by atoms with van der Waals surface area (Å²) in [5, 5.41) is 2.35. The van der Waals surface area contributed by atoms with E-state index in [2.05, 4.69) is 378 Å². The van der Waals surface area contributed by atoms with Gasteiger partial charge in [0.05, 0.1) is 33.8 Å². The lowest BCUT2D eigenvalue weighted by atomic mass is 9.33. The first-order valence-corrected chi connectivity index (χ1v) is 32.5. The van der Waals surface area contributed by atoms with Crippen LogP contribution in [0.4, 0.5) is 34.1 Å². The number of hydrogen-bond donors (Lipinski definition) is 0. The third-order valence-electron chi connectivity index (χ3n) is 19.4.